The molecule has 0 N–H and O–H groups in total. The van der Waals surface area contributed by atoms with E-state index in [0.717, 1.165) is 12.8 Å². The van der Waals surface area contributed by atoms with Gasteiger partial charge in [-0.15, -0.1) is 0 Å². The molecule has 0 nitrogen and oxygen atoms in total. The van der Waals surface area contributed by atoms with E-state index in [0.29, 0.717) is 0 Å². The summed E-state index contributed by atoms with van der Waals surface area (Å²) in [6, 6.07) is 4.80. The highest BCUT2D eigenvalue weighted by Gasteiger charge is 2.12. The molecule has 0 atom stereocenters. The van der Waals surface area contributed by atoms with Gasteiger partial charge < -0.3 is 0 Å². The number of hydrogen-bond donors (Lipinski definition) is 0. The monoisotopic (exact) mass is 200 g/mol. The van der Waals surface area contributed by atoms with Gasteiger partial charge in [-0.2, -0.15) is 0 Å². The molecule has 0 aromatic heterocycles. The fourth-order valence-corrected chi connectivity index (χ4v) is 2.38. The minimum Gasteiger partial charge on any atom is -0.0995 e. The summed E-state index contributed by atoms with van der Waals surface area (Å²) in [4.78, 5) is 0. The van der Waals surface area contributed by atoms with E-state index >= 15 is 0 Å². The van der Waals surface area contributed by atoms with Crippen molar-refractivity contribution in [1.29, 1.82) is 0 Å². The largest absolute Gasteiger partial charge is 0.0995 e. The molecule has 15 heavy (non-hydrogen) atoms. The first kappa shape index (κ1) is 10.5. The Bertz CT molecular complexity index is 385. The van der Waals surface area contributed by atoms with E-state index in [4.69, 9.17) is 0 Å². The summed E-state index contributed by atoms with van der Waals surface area (Å²) >= 11 is 0. The summed E-state index contributed by atoms with van der Waals surface area (Å²) in [5.74, 6) is 0. The van der Waals surface area contributed by atoms with Crippen LogP contribution in [0.3, 0.4) is 0 Å². The van der Waals surface area contributed by atoms with Crippen LogP contribution in [0.2, 0.25) is 0 Å². The molecule has 0 saturated heterocycles. The van der Waals surface area contributed by atoms with Crippen molar-refractivity contribution in [2.24, 2.45) is 0 Å². The summed E-state index contributed by atoms with van der Waals surface area (Å²) in [6.07, 6.45) is 6.06. The predicted molar refractivity (Wildman–Crippen MR) is 66.3 cm³/mol. The van der Waals surface area contributed by atoms with Gasteiger partial charge in [0.25, 0.3) is 0 Å². The number of fused-ring (bicyclic) bond motifs is 1. The van der Waals surface area contributed by atoms with Gasteiger partial charge in [0.15, 0.2) is 0 Å². The third kappa shape index (κ3) is 2.14. The Morgan fingerprint density at radius 2 is 1.93 bits per heavy atom. The molecule has 0 aliphatic heterocycles. The number of rotatable bonds is 3. The molecule has 0 bridgehead atoms. The van der Waals surface area contributed by atoms with Gasteiger partial charge in [0.2, 0.25) is 0 Å². The van der Waals surface area contributed by atoms with E-state index in [1.54, 1.807) is 11.1 Å². The Morgan fingerprint density at radius 3 is 2.60 bits per heavy atom. The van der Waals surface area contributed by atoms with Gasteiger partial charge in [0.05, 0.1) is 0 Å². The summed E-state index contributed by atoms with van der Waals surface area (Å²) in [6.45, 7) is 8.52. The molecular weight excluding hydrogens is 180 g/mol. The van der Waals surface area contributed by atoms with Crippen LogP contribution < -0.4 is 0 Å². The van der Waals surface area contributed by atoms with Gasteiger partial charge in [-0.3, -0.25) is 0 Å². The summed E-state index contributed by atoms with van der Waals surface area (Å²) in [5.41, 5.74) is 7.45. The van der Waals surface area contributed by atoms with Crippen LogP contribution in [0.15, 0.2) is 24.3 Å². The third-order valence-electron chi connectivity index (χ3n) is 3.49. The van der Waals surface area contributed by atoms with Crippen molar-refractivity contribution >= 4 is 0 Å². The number of aryl methyl sites for hydroxylation is 3. The lowest BCUT2D eigenvalue weighted by molar-refractivity contribution is 0.911. The van der Waals surface area contributed by atoms with Crippen molar-refractivity contribution in [2.45, 2.75) is 46.0 Å². The molecule has 0 heteroatoms. The van der Waals surface area contributed by atoms with Crippen LogP contribution in [0.4, 0.5) is 0 Å². The lowest BCUT2D eigenvalue weighted by atomic mass is 9.96. The first-order chi connectivity index (χ1) is 7.20. The number of allylic oxidation sites excluding steroid dienone is 1. The zero-order valence-corrected chi connectivity index (χ0v) is 9.90. The standard InChI is InChI=1S/C15H20/c1-4-11(2)8-15-10-14-7-5-6-13(14)9-12(15)3/h9-10H,2,4-8H2,1,3H3. The Balaban J connectivity index is 2.28. The highest BCUT2D eigenvalue weighted by molar-refractivity contribution is 5.41. The molecule has 0 saturated carbocycles. The summed E-state index contributed by atoms with van der Waals surface area (Å²) in [5, 5.41) is 0. The highest BCUT2D eigenvalue weighted by Crippen LogP contribution is 2.26. The SMILES string of the molecule is C=C(CC)Cc1cc2c(cc1C)CCC2. The fourth-order valence-electron chi connectivity index (χ4n) is 2.38. The van der Waals surface area contributed by atoms with Crippen LogP contribution in [0.1, 0.15) is 42.0 Å². The second-order valence-electron chi connectivity index (χ2n) is 4.68. The van der Waals surface area contributed by atoms with Gasteiger partial charge in [0.1, 0.15) is 0 Å². The zero-order chi connectivity index (χ0) is 10.8. The van der Waals surface area contributed by atoms with Crippen molar-refractivity contribution in [3.8, 4) is 0 Å². The average Bonchev–Trinajstić information content (AvgIpc) is 2.65. The molecule has 1 aliphatic rings. The average molecular weight is 200 g/mol. The molecule has 0 heterocycles. The molecule has 0 fully saturated rings. The van der Waals surface area contributed by atoms with Crippen molar-refractivity contribution in [2.75, 3.05) is 0 Å². The molecule has 1 aliphatic carbocycles. The first-order valence-electron chi connectivity index (χ1n) is 5.98. The Kier molecular flexibility index (Phi) is 2.95. The minimum atomic E-state index is 1.07. The summed E-state index contributed by atoms with van der Waals surface area (Å²) < 4.78 is 0. The zero-order valence-electron chi connectivity index (χ0n) is 9.90. The molecular formula is C15H20. The molecule has 0 spiro atoms. The topological polar surface area (TPSA) is 0 Å². The highest BCUT2D eigenvalue weighted by atomic mass is 14.2. The smallest absolute Gasteiger partial charge is 0.00672 e. The van der Waals surface area contributed by atoms with Gasteiger partial charge >= 0.3 is 0 Å². The van der Waals surface area contributed by atoms with Gasteiger partial charge in [-0.1, -0.05) is 31.2 Å². The van der Waals surface area contributed by atoms with Gasteiger partial charge in [-0.05, 0) is 61.3 Å². The molecule has 80 valence electrons. The van der Waals surface area contributed by atoms with E-state index < -0.39 is 0 Å². The Labute approximate surface area is 93.0 Å². The molecule has 2 rings (SSSR count). The van der Waals surface area contributed by atoms with Crippen LogP contribution in [-0.2, 0) is 19.3 Å². The van der Waals surface area contributed by atoms with Crippen LogP contribution in [0.25, 0.3) is 0 Å². The lowest BCUT2D eigenvalue weighted by Gasteiger charge is -2.10. The number of benzene rings is 1. The number of hydrogen-bond acceptors (Lipinski definition) is 0. The van der Waals surface area contributed by atoms with E-state index in [1.165, 1.54) is 36.0 Å². The minimum absolute atomic E-state index is 1.07. The summed E-state index contributed by atoms with van der Waals surface area (Å²) in [7, 11) is 0. The van der Waals surface area contributed by atoms with Crippen molar-refractivity contribution < 1.29 is 0 Å². The normalized spacial score (nSPS) is 14.0. The van der Waals surface area contributed by atoms with Crippen LogP contribution >= 0.6 is 0 Å². The van der Waals surface area contributed by atoms with Gasteiger partial charge in [-0.25, -0.2) is 0 Å². The van der Waals surface area contributed by atoms with Crippen LogP contribution in [0.5, 0.6) is 0 Å². The molecule has 0 unspecified atom stereocenters. The van der Waals surface area contributed by atoms with Crippen LogP contribution in [-0.4, -0.2) is 0 Å². The molecule has 0 radical (unpaired) electrons. The molecule has 0 amide bonds. The second kappa shape index (κ2) is 4.22. The van der Waals surface area contributed by atoms with Crippen molar-refractivity contribution in [3.63, 3.8) is 0 Å². The van der Waals surface area contributed by atoms with E-state index in [9.17, 15) is 0 Å². The third-order valence-corrected chi connectivity index (χ3v) is 3.49. The maximum absolute atomic E-state index is 4.10. The maximum Gasteiger partial charge on any atom is -0.00672 e. The molecule has 1 aromatic carbocycles. The van der Waals surface area contributed by atoms with Gasteiger partial charge in [0, 0.05) is 0 Å². The first-order valence-corrected chi connectivity index (χ1v) is 5.98. The lowest BCUT2D eigenvalue weighted by Crippen LogP contribution is -1.95. The Morgan fingerprint density at radius 1 is 1.27 bits per heavy atom. The van der Waals surface area contributed by atoms with E-state index in [-0.39, 0.29) is 0 Å². The van der Waals surface area contributed by atoms with E-state index in [2.05, 4.69) is 32.6 Å². The molecule has 1 aromatic rings. The van der Waals surface area contributed by atoms with Crippen molar-refractivity contribution in [3.05, 3.63) is 46.5 Å². The quantitative estimate of drug-likeness (QED) is 0.647. The fraction of sp³-hybridized carbons (Fsp3) is 0.467. The maximum atomic E-state index is 4.10. The van der Waals surface area contributed by atoms with E-state index in [1.807, 2.05) is 0 Å². The van der Waals surface area contributed by atoms with Crippen LogP contribution in [0, 0.1) is 6.92 Å². The predicted octanol–water partition coefficient (Wildman–Crippen LogP) is 3.99. The Hall–Kier alpha value is -1.04. The second-order valence-corrected chi connectivity index (χ2v) is 4.68. The van der Waals surface area contributed by atoms with Crippen molar-refractivity contribution in [1.82, 2.24) is 0 Å².